The van der Waals surface area contributed by atoms with Crippen molar-refractivity contribution in [3.63, 3.8) is 0 Å². The van der Waals surface area contributed by atoms with Crippen LogP contribution in [0.25, 0.3) is 0 Å². The normalized spacial score (nSPS) is 27.4. The van der Waals surface area contributed by atoms with Gasteiger partial charge in [0, 0.05) is 13.6 Å². The molecule has 2 aliphatic rings. The van der Waals surface area contributed by atoms with Gasteiger partial charge in [0.15, 0.2) is 0 Å². The minimum atomic E-state index is 0.104. The van der Waals surface area contributed by atoms with E-state index in [9.17, 15) is 4.79 Å². The third kappa shape index (κ3) is 2.47. The van der Waals surface area contributed by atoms with Gasteiger partial charge >= 0.3 is 0 Å². The number of rotatable bonds is 3. The zero-order valence-electron chi connectivity index (χ0n) is 8.96. The van der Waals surface area contributed by atoms with E-state index in [1.54, 1.807) is 0 Å². The van der Waals surface area contributed by atoms with Crippen molar-refractivity contribution in [2.45, 2.75) is 38.1 Å². The molecular formula is C11H20N2O. The van der Waals surface area contributed by atoms with Crippen LogP contribution in [0, 0.1) is 5.92 Å². The Balaban J connectivity index is 1.79. The molecule has 0 aromatic rings. The molecule has 1 saturated heterocycles. The highest BCUT2D eigenvalue weighted by Crippen LogP contribution is 2.29. The van der Waals surface area contributed by atoms with Gasteiger partial charge in [-0.1, -0.05) is 6.42 Å². The number of piperidine rings is 1. The first-order chi connectivity index (χ1) is 6.77. The second-order valence-electron chi connectivity index (χ2n) is 4.66. The summed E-state index contributed by atoms with van der Waals surface area (Å²) in [6.45, 7) is 1.98. The number of carbonyl (C=O) groups excluding carboxylic acids is 1. The fourth-order valence-corrected chi connectivity index (χ4v) is 2.11. The van der Waals surface area contributed by atoms with Gasteiger partial charge in [-0.05, 0) is 38.1 Å². The summed E-state index contributed by atoms with van der Waals surface area (Å²) in [7, 11) is 1.94. The highest BCUT2D eigenvalue weighted by atomic mass is 16.2. The van der Waals surface area contributed by atoms with Crippen molar-refractivity contribution in [2.75, 3.05) is 20.1 Å². The molecule has 80 valence electrons. The molecule has 2 rings (SSSR count). The van der Waals surface area contributed by atoms with E-state index >= 15 is 0 Å². The number of likely N-dealkylation sites (N-methyl/N-ethyl adjacent to an activating group) is 1. The van der Waals surface area contributed by atoms with Gasteiger partial charge in [0.25, 0.3) is 0 Å². The molecule has 3 heteroatoms. The number of carbonyl (C=O) groups is 1. The van der Waals surface area contributed by atoms with Crippen LogP contribution in [0.4, 0.5) is 0 Å². The van der Waals surface area contributed by atoms with Crippen molar-refractivity contribution in [3.05, 3.63) is 0 Å². The van der Waals surface area contributed by atoms with Crippen molar-refractivity contribution >= 4 is 5.91 Å². The zero-order valence-corrected chi connectivity index (χ0v) is 8.96. The molecule has 0 aromatic heterocycles. The quantitative estimate of drug-likeness (QED) is 0.730. The Hall–Kier alpha value is -0.570. The Bertz CT molecular complexity index is 207. The van der Waals surface area contributed by atoms with Crippen molar-refractivity contribution < 1.29 is 4.79 Å². The summed E-state index contributed by atoms with van der Waals surface area (Å²) >= 11 is 0. The Kier molecular flexibility index (Phi) is 3.06. The summed E-state index contributed by atoms with van der Waals surface area (Å²) in [4.78, 5) is 13.8. The summed E-state index contributed by atoms with van der Waals surface area (Å²) in [5, 5.41) is 3.30. The van der Waals surface area contributed by atoms with Crippen LogP contribution in [0.3, 0.4) is 0 Å². The van der Waals surface area contributed by atoms with Gasteiger partial charge in [-0.3, -0.25) is 4.79 Å². The van der Waals surface area contributed by atoms with E-state index in [1.165, 1.54) is 25.7 Å². The van der Waals surface area contributed by atoms with Gasteiger partial charge in [0.1, 0.15) is 0 Å². The number of amides is 1. The summed E-state index contributed by atoms with van der Waals surface area (Å²) in [5.74, 6) is 1.10. The molecule has 0 radical (unpaired) electrons. The van der Waals surface area contributed by atoms with Crippen molar-refractivity contribution in [2.24, 2.45) is 5.92 Å². The van der Waals surface area contributed by atoms with Crippen LogP contribution in [0.2, 0.25) is 0 Å². The number of hydrogen-bond acceptors (Lipinski definition) is 2. The topological polar surface area (TPSA) is 32.3 Å². The maximum atomic E-state index is 11.9. The van der Waals surface area contributed by atoms with Gasteiger partial charge in [0.2, 0.25) is 5.91 Å². The van der Waals surface area contributed by atoms with Crippen LogP contribution in [-0.2, 0) is 4.79 Å². The summed E-state index contributed by atoms with van der Waals surface area (Å²) in [6.07, 6.45) is 6.07. The molecular weight excluding hydrogens is 176 g/mol. The number of hydrogen-bond donors (Lipinski definition) is 1. The van der Waals surface area contributed by atoms with E-state index in [-0.39, 0.29) is 6.04 Å². The molecule has 1 aliphatic heterocycles. The highest BCUT2D eigenvalue weighted by molar-refractivity contribution is 5.81. The predicted molar refractivity (Wildman–Crippen MR) is 56.0 cm³/mol. The van der Waals surface area contributed by atoms with Crippen LogP contribution in [0.1, 0.15) is 32.1 Å². The van der Waals surface area contributed by atoms with Crippen molar-refractivity contribution in [3.8, 4) is 0 Å². The first-order valence-electron chi connectivity index (χ1n) is 5.76. The maximum Gasteiger partial charge on any atom is 0.239 e. The predicted octanol–water partition coefficient (Wildman–Crippen LogP) is 0.997. The molecule has 3 nitrogen and oxygen atoms in total. The monoisotopic (exact) mass is 196 g/mol. The van der Waals surface area contributed by atoms with Crippen molar-refractivity contribution in [1.82, 2.24) is 10.2 Å². The first-order valence-corrected chi connectivity index (χ1v) is 5.76. The second-order valence-corrected chi connectivity index (χ2v) is 4.66. The van der Waals surface area contributed by atoms with Crippen LogP contribution >= 0.6 is 0 Å². The van der Waals surface area contributed by atoms with E-state index in [0.717, 1.165) is 25.4 Å². The van der Waals surface area contributed by atoms with E-state index in [1.807, 2.05) is 11.9 Å². The Morgan fingerprint density at radius 3 is 2.71 bits per heavy atom. The van der Waals surface area contributed by atoms with E-state index in [0.29, 0.717) is 5.91 Å². The molecule has 0 spiro atoms. The average Bonchev–Trinajstić information content (AvgIpc) is 3.02. The lowest BCUT2D eigenvalue weighted by Crippen LogP contribution is -2.47. The molecule has 0 bridgehead atoms. The van der Waals surface area contributed by atoms with Gasteiger partial charge in [-0.15, -0.1) is 0 Å². The summed E-state index contributed by atoms with van der Waals surface area (Å²) < 4.78 is 0. The second kappa shape index (κ2) is 4.30. The molecule has 2 fully saturated rings. The molecule has 1 amide bonds. The SMILES string of the molecule is CN(CC1CC1)C(=O)[C@H]1CCCCN1. The van der Waals surface area contributed by atoms with Gasteiger partial charge in [-0.2, -0.15) is 0 Å². The fourth-order valence-electron chi connectivity index (χ4n) is 2.11. The first kappa shape index (κ1) is 9.97. The van der Waals surface area contributed by atoms with E-state index < -0.39 is 0 Å². The lowest BCUT2D eigenvalue weighted by atomic mass is 10.0. The lowest BCUT2D eigenvalue weighted by Gasteiger charge is -2.27. The Morgan fingerprint density at radius 1 is 1.36 bits per heavy atom. The fraction of sp³-hybridized carbons (Fsp3) is 0.909. The minimum absolute atomic E-state index is 0.104. The van der Waals surface area contributed by atoms with E-state index in [4.69, 9.17) is 0 Å². The average molecular weight is 196 g/mol. The molecule has 0 aromatic carbocycles. The molecule has 1 saturated carbocycles. The Morgan fingerprint density at radius 2 is 2.14 bits per heavy atom. The van der Waals surface area contributed by atoms with Gasteiger partial charge in [-0.25, -0.2) is 0 Å². The minimum Gasteiger partial charge on any atom is -0.344 e. The zero-order chi connectivity index (χ0) is 9.97. The molecule has 1 heterocycles. The van der Waals surface area contributed by atoms with Crippen molar-refractivity contribution in [1.29, 1.82) is 0 Å². The van der Waals surface area contributed by atoms with Crippen LogP contribution in [-0.4, -0.2) is 37.0 Å². The maximum absolute atomic E-state index is 11.9. The summed E-state index contributed by atoms with van der Waals surface area (Å²) in [5.41, 5.74) is 0. The van der Waals surface area contributed by atoms with Gasteiger partial charge in [0.05, 0.1) is 6.04 Å². The van der Waals surface area contributed by atoms with Gasteiger partial charge < -0.3 is 10.2 Å². The van der Waals surface area contributed by atoms with E-state index in [2.05, 4.69) is 5.32 Å². The molecule has 1 atom stereocenters. The molecule has 1 N–H and O–H groups in total. The lowest BCUT2D eigenvalue weighted by molar-refractivity contribution is -0.132. The third-order valence-corrected chi connectivity index (χ3v) is 3.21. The largest absolute Gasteiger partial charge is 0.344 e. The smallest absolute Gasteiger partial charge is 0.239 e. The highest BCUT2D eigenvalue weighted by Gasteiger charge is 2.28. The number of nitrogens with one attached hydrogen (secondary N) is 1. The Labute approximate surface area is 85.8 Å². The van der Waals surface area contributed by atoms with Crippen LogP contribution in [0.5, 0.6) is 0 Å². The van der Waals surface area contributed by atoms with Crippen LogP contribution < -0.4 is 5.32 Å². The van der Waals surface area contributed by atoms with Crippen LogP contribution in [0.15, 0.2) is 0 Å². The molecule has 14 heavy (non-hydrogen) atoms. The number of nitrogens with zero attached hydrogens (tertiary/aromatic N) is 1. The third-order valence-electron chi connectivity index (χ3n) is 3.21. The summed E-state index contributed by atoms with van der Waals surface area (Å²) in [6, 6.07) is 0.104. The molecule has 1 aliphatic carbocycles. The molecule has 0 unspecified atom stereocenters. The standard InChI is InChI=1S/C11H20N2O/c1-13(8-9-5-6-9)11(14)10-4-2-3-7-12-10/h9-10,12H,2-8H2,1H3/t10-/m1/s1.